The van der Waals surface area contributed by atoms with Gasteiger partial charge in [-0.3, -0.25) is 9.59 Å². The van der Waals surface area contributed by atoms with E-state index in [-0.39, 0.29) is 34.5 Å². The molecule has 9 heteroatoms. The molecule has 1 aromatic heterocycles. The third kappa shape index (κ3) is 4.40. The van der Waals surface area contributed by atoms with Crippen molar-refractivity contribution < 1.29 is 18.4 Å². The lowest BCUT2D eigenvalue weighted by Crippen LogP contribution is -2.23. The lowest BCUT2D eigenvalue weighted by molar-refractivity contribution is 0.0949. The second kappa shape index (κ2) is 9.44. The SMILES string of the molecule is Cc1ccccc1C(=O)NCc1ccc(-c2nn(-c3cccc(F)c3F)c(Cl)c2C(N)=O)cc1. The Hall–Kier alpha value is -4.04. The molecule has 0 spiro atoms. The number of nitrogens with two attached hydrogens (primary N) is 1. The van der Waals surface area contributed by atoms with Gasteiger partial charge in [0, 0.05) is 17.7 Å². The maximum atomic E-state index is 14.3. The zero-order valence-electron chi connectivity index (χ0n) is 18.0. The predicted octanol–water partition coefficient (Wildman–Crippen LogP) is 4.81. The second-order valence-corrected chi connectivity index (χ2v) is 7.92. The molecule has 0 aliphatic heterocycles. The number of aryl methyl sites for hydroxylation is 1. The number of aromatic nitrogens is 2. The van der Waals surface area contributed by atoms with E-state index in [4.69, 9.17) is 17.3 Å². The molecule has 3 N–H and O–H groups in total. The molecule has 0 saturated carbocycles. The third-order valence-electron chi connectivity index (χ3n) is 5.30. The first-order valence-corrected chi connectivity index (χ1v) is 10.6. The van der Waals surface area contributed by atoms with E-state index in [1.54, 1.807) is 36.4 Å². The number of rotatable bonds is 6. The quantitative estimate of drug-likeness (QED) is 0.415. The number of benzene rings is 3. The molecule has 3 aromatic carbocycles. The first kappa shape index (κ1) is 23.1. The van der Waals surface area contributed by atoms with Gasteiger partial charge in [0.15, 0.2) is 11.6 Å². The van der Waals surface area contributed by atoms with Crippen LogP contribution in [0.2, 0.25) is 5.15 Å². The third-order valence-corrected chi connectivity index (χ3v) is 5.65. The number of carbonyl (C=O) groups excluding carboxylic acids is 2. The largest absolute Gasteiger partial charge is 0.365 e. The minimum absolute atomic E-state index is 0.120. The highest BCUT2D eigenvalue weighted by molar-refractivity contribution is 6.33. The van der Waals surface area contributed by atoms with E-state index in [0.29, 0.717) is 11.1 Å². The maximum Gasteiger partial charge on any atom is 0.254 e. The van der Waals surface area contributed by atoms with Crippen LogP contribution in [0.25, 0.3) is 16.9 Å². The Bertz CT molecular complexity index is 1400. The number of hydrogen-bond donors (Lipinski definition) is 2. The molecule has 172 valence electrons. The van der Waals surface area contributed by atoms with Crippen molar-refractivity contribution in [2.45, 2.75) is 13.5 Å². The van der Waals surface area contributed by atoms with Crippen molar-refractivity contribution >= 4 is 23.4 Å². The summed E-state index contributed by atoms with van der Waals surface area (Å²) in [6.07, 6.45) is 0. The normalized spacial score (nSPS) is 10.8. The molecular weight excluding hydrogens is 462 g/mol. The van der Waals surface area contributed by atoms with Crippen LogP contribution in [-0.4, -0.2) is 21.6 Å². The van der Waals surface area contributed by atoms with Crippen LogP contribution in [0, 0.1) is 18.6 Å². The monoisotopic (exact) mass is 480 g/mol. The van der Waals surface area contributed by atoms with Gasteiger partial charge >= 0.3 is 0 Å². The highest BCUT2D eigenvalue weighted by Gasteiger charge is 2.24. The van der Waals surface area contributed by atoms with E-state index in [9.17, 15) is 18.4 Å². The van der Waals surface area contributed by atoms with Crippen molar-refractivity contribution in [2.24, 2.45) is 5.73 Å². The highest BCUT2D eigenvalue weighted by atomic mass is 35.5. The molecule has 4 rings (SSSR count). The van der Waals surface area contributed by atoms with Crippen LogP contribution in [0.4, 0.5) is 8.78 Å². The first-order chi connectivity index (χ1) is 16.3. The number of nitrogens with zero attached hydrogens (tertiary/aromatic N) is 2. The second-order valence-electron chi connectivity index (χ2n) is 7.56. The van der Waals surface area contributed by atoms with E-state index in [1.165, 1.54) is 12.1 Å². The molecule has 6 nitrogen and oxygen atoms in total. The Morgan fingerprint density at radius 2 is 1.74 bits per heavy atom. The fourth-order valence-electron chi connectivity index (χ4n) is 3.52. The lowest BCUT2D eigenvalue weighted by Gasteiger charge is -2.08. The fraction of sp³-hybridized carbons (Fsp3) is 0.0800. The highest BCUT2D eigenvalue weighted by Crippen LogP contribution is 2.31. The number of amides is 2. The summed E-state index contributed by atoms with van der Waals surface area (Å²) in [6.45, 7) is 2.14. The Labute approximate surface area is 199 Å². The van der Waals surface area contributed by atoms with Crippen LogP contribution < -0.4 is 11.1 Å². The summed E-state index contributed by atoms with van der Waals surface area (Å²) in [5, 5.41) is 6.86. The Morgan fingerprint density at radius 1 is 1.03 bits per heavy atom. The topological polar surface area (TPSA) is 90.0 Å². The molecule has 0 bridgehead atoms. The number of carbonyl (C=O) groups is 2. The van der Waals surface area contributed by atoms with Gasteiger partial charge in [0.05, 0.1) is 0 Å². The van der Waals surface area contributed by atoms with Crippen LogP contribution >= 0.6 is 11.6 Å². The van der Waals surface area contributed by atoms with Crippen molar-refractivity contribution in [2.75, 3.05) is 0 Å². The molecule has 0 aliphatic carbocycles. The van der Waals surface area contributed by atoms with Crippen molar-refractivity contribution in [1.29, 1.82) is 0 Å². The molecule has 34 heavy (non-hydrogen) atoms. The Balaban J connectivity index is 1.61. The van der Waals surface area contributed by atoms with Gasteiger partial charge in [-0.05, 0) is 36.2 Å². The van der Waals surface area contributed by atoms with Gasteiger partial charge < -0.3 is 11.1 Å². The molecule has 0 fully saturated rings. The van der Waals surface area contributed by atoms with Gasteiger partial charge in [-0.25, -0.2) is 13.5 Å². The summed E-state index contributed by atoms with van der Waals surface area (Å²) >= 11 is 6.28. The standard InChI is InChI=1S/C25H19ClF2N4O2/c1-14-5-2-3-6-17(14)25(34)30-13-15-9-11-16(12-10-15)22-20(24(29)33)23(26)32(31-22)19-8-4-7-18(27)21(19)28/h2-12H,13H2,1H3,(H2,29,33)(H,30,34). The van der Waals surface area contributed by atoms with E-state index >= 15 is 0 Å². The average molecular weight is 481 g/mol. The molecule has 1 heterocycles. The smallest absolute Gasteiger partial charge is 0.254 e. The van der Waals surface area contributed by atoms with Crippen molar-refractivity contribution in [3.8, 4) is 16.9 Å². The van der Waals surface area contributed by atoms with E-state index in [1.807, 2.05) is 19.1 Å². The van der Waals surface area contributed by atoms with Gasteiger partial charge in [-0.15, -0.1) is 0 Å². The molecule has 2 amide bonds. The molecule has 0 atom stereocenters. The summed E-state index contributed by atoms with van der Waals surface area (Å²) < 4.78 is 29.0. The molecule has 4 aromatic rings. The Kier molecular flexibility index (Phi) is 6.43. The van der Waals surface area contributed by atoms with Crippen LogP contribution in [-0.2, 0) is 6.54 Å². The van der Waals surface area contributed by atoms with Crippen molar-refractivity contribution in [1.82, 2.24) is 15.1 Å². The van der Waals surface area contributed by atoms with Crippen molar-refractivity contribution in [3.63, 3.8) is 0 Å². The van der Waals surface area contributed by atoms with Gasteiger partial charge in [0.25, 0.3) is 11.8 Å². The van der Waals surface area contributed by atoms with Gasteiger partial charge in [0.2, 0.25) is 0 Å². The van der Waals surface area contributed by atoms with Gasteiger partial charge in [-0.1, -0.05) is 60.1 Å². The van der Waals surface area contributed by atoms with Crippen LogP contribution in [0.1, 0.15) is 31.8 Å². The number of primary amides is 1. The van der Waals surface area contributed by atoms with Gasteiger partial charge in [-0.2, -0.15) is 5.10 Å². The lowest BCUT2D eigenvalue weighted by atomic mass is 10.1. The van der Waals surface area contributed by atoms with E-state index < -0.39 is 17.5 Å². The molecular formula is C25H19ClF2N4O2. The van der Waals surface area contributed by atoms with Crippen LogP contribution in [0.3, 0.4) is 0 Å². The molecule has 0 radical (unpaired) electrons. The molecule has 0 unspecified atom stereocenters. The number of halogens is 3. The summed E-state index contributed by atoms with van der Waals surface area (Å²) in [4.78, 5) is 24.5. The summed E-state index contributed by atoms with van der Waals surface area (Å²) in [5.74, 6) is -3.30. The summed E-state index contributed by atoms with van der Waals surface area (Å²) in [7, 11) is 0. The Morgan fingerprint density at radius 3 is 2.41 bits per heavy atom. The fourth-order valence-corrected chi connectivity index (χ4v) is 3.83. The zero-order chi connectivity index (χ0) is 24.4. The zero-order valence-corrected chi connectivity index (χ0v) is 18.7. The number of nitrogens with one attached hydrogen (secondary N) is 1. The van der Waals surface area contributed by atoms with Crippen LogP contribution in [0.5, 0.6) is 0 Å². The van der Waals surface area contributed by atoms with Gasteiger partial charge in [0.1, 0.15) is 22.1 Å². The van der Waals surface area contributed by atoms with E-state index in [2.05, 4.69) is 10.4 Å². The van der Waals surface area contributed by atoms with Crippen LogP contribution in [0.15, 0.2) is 66.7 Å². The summed E-state index contributed by atoms with van der Waals surface area (Å²) in [5.41, 5.74) is 8.00. The first-order valence-electron chi connectivity index (χ1n) is 10.2. The summed E-state index contributed by atoms with van der Waals surface area (Å²) in [6, 6.07) is 17.7. The predicted molar refractivity (Wildman–Crippen MR) is 125 cm³/mol. The average Bonchev–Trinajstić information content (AvgIpc) is 3.17. The molecule has 0 aliphatic rings. The van der Waals surface area contributed by atoms with E-state index in [0.717, 1.165) is 21.9 Å². The molecule has 0 saturated heterocycles. The minimum Gasteiger partial charge on any atom is -0.365 e. The minimum atomic E-state index is -1.16. The maximum absolute atomic E-state index is 14.3. The van der Waals surface area contributed by atoms with Crippen molar-refractivity contribution in [3.05, 3.63) is 106 Å². The number of hydrogen-bond acceptors (Lipinski definition) is 3.